The van der Waals surface area contributed by atoms with Crippen LogP contribution < -0.4 is 4.90 Å². The van der Waals surface area contributed by atoms with Crippen LogP contribution in [0.15, 0.2) is 30.3 Å². The molecule has 0 radical (unpaired) electrons. The average molecular weight is 275 g/mol. The summed E-state index contributed by atoms with van der Waals surface area (Å²) in [5.74, 6) is 0.907. The number of anilines is 1. The largest absolute Gasteiger partial charge is 0.338 e. The van der Waals surface area contributed by atoms with E-state index in [4.69, 9.17) is 12.2 Å². The molecule has 1 aromatic heterocycles. The van der Waals surface area contributed by atoms with E-state index >= 15 is 0 Å². The zero-order chi connectivity index (χ0) is 13.2. The number of likely N-dealkylation sites (N-methyl/N-ethyl adjacent to an activating group) is 1. The van der Waals surface area contributed by atoms with Gasteiger partial charge in [-0.1, -0.05) is 18.2 Å². The van der Waals surface area contributed by atoms with Gasteiger partial charge in [0.25, 0.3) is 0 Å². The number of nitrogens with zero attached hydrogens (tertiary/aromatic N) is 4. The third-order valence-electron chi connectivity index (χ3n) is 3.41. The fourth-order valence-corrected chi connectivity index (χ4v) is 2.46. The predicted octanol–water partition coefficient (Wildman–Crippen LogP) is 1.68. The van der Waals surface area contributed by atoms with Crippen molar-refractivity contribution in [2.75, 3.05) is 38.1 Å². The van der Waals surface area contributed by atoms with Crippen LogP contribution in [-0.4, -0.2) is 52.9 Å². The first-order valence-electron chi connectivity index (χ1n) is 6.42. The molecule has 0 unspecified atom stereocenters. The predicted molar refractivity (Wildman–Crippen MR) is 78.5 cm³/mol. The lowest BCUT2D eigenvalue weighted by Gasteiger charge is -2.32. The highest BCUT2D eigenvalue weighted by Gasteiger charge is 2.19. The lowest BCUT2D eigenvalue weighted by molar-refractivity contribution is 0.310. The summed E-state index contributed by atoms with van der Waals surface area (Å²) in [6, 6.07) is 10.1. The minimum absolute atomic E-state index is 0.526. The summed E-state index contributed by atoms with van der Waals surface area (Å²) in [6.45, 7) is 4.05. The van der Waals surface area contributed by atoms with Gasteiger partial charge in [0.05, 0.1) is 5.69 Å². The zero-order valence-corrected chi connectivity index (χ0v) is 11.7. The first-order valence-corrected chi connectivity index (χ1v) is 6.83. The summed E-state index contributed by atoms with van der Waals surface area (Å²) < 4.78 is 2.49. The van der Waals surface area contributed by atoms with Crippen molar-refractivity contribution in [3.63, 3.8) is 0 Å². The Morgan fingerprint density at radius 3 is 2.47 bits per heavy atom. The molecule has 2 aromatic rings. The van der Waals surface area contributed by atoms with Crippen molar-refractivity contribution in [1.82, 2.24) is 19.7 Å². The first kappa shape index (κ1) is 12.4. The lowest BCUT2D eigenvalue weighted by Crippen LogP contribution is -2.45. The van der Waals surface area contributed by atoms with Crippen LogP contribution in [0.5, 0.6) is 0 Å². The van der Waals surface area contributed by atoms with Crippen molar-refractivity contribution in [2.45, 2.75) is 0 Å². The molecule has 1 aliphatic heterocycles. The minimum Gasteiger partial charge on any atom is -0.338 e. The van der Waals surface area contributed by atoms with Crippen LogP contribution in [0, 0.1) is 4.77 Å². The number of nitrogens with one attached hydrogen (secondary N) is 1. The molecule has 19 heavy (non-hydrogen) atoms. The fraction of sp³-hybridized carbons (Fsp3) is 0.385. The van der Waals surface area contributed by atoms with Gasteiger partial charge in [0.1, 0.15) is 0 Å². The number of piperazine rings is 1. The monoisotopic (exact) mass is 275 g/mol. The van der Waals surface area contributed by atoms with E-state index < -0.39 is 0 Å². The molecule has 0 spiro atoms. The maximum absolute atomic E-state index is 5.19. The Hall–Kier alpha value is -1.66. The molecule has 2 heterocycles. The van der Waals surface area contributed by atoms with E-state index in [9.17, 15) is 0 Å². The van der Waals surface area contributed by atoms with Crippen LogP contribution in [0.2, 0.25) is 0 Å². The summed E-state index contributed by atoms with van der Waals surface area (Å²) in [5.41, 5.74) is 1.06. The molecule has 1 aliphatic rings. The number of benzene rings is 1. The molecule has 1 saturated heterocycles. The summed E-state index contributed by atoms with van der Waals surface area (Å²) in [5, 5.41) is 3.13. The molecule has 1 N–H and O–H groups in total. The highest BCUT2D eigenvalue weighted by atomic mass is 32.1. The van der Waals surface area contributed by atoms with Crippen molar-refractivity contribution >= 4 is 18.2 Å². The zero-order valence-electron chi connectivity index (χ0n) is 10.9. The van der Waals surface area contributed by atoms with E-state index in [-0.39, 0.29) is 0 Å². The van der Waals surface area contributed by atoms with E-state index in [1.807, 2.05) is 35.0 Å². The van der Waals surface area contributed by atoms with E-state index in [1.165, 1.54) is 0 Å². The highest BCUT2D eigenvalue weighted by Crippen LogP contribution is 2.17. The smallest absolute Gasteiger partial charge is 0.228 e. The van der Waals surface area contributed by atoms with E-state index in [2.05, 4.69) is 26.9 Å². The molecule has 0 aliphatic carbocycles. The molecule has 1 aromatic carbocycles. The minimum atomic E-state index is 0.526. The number of hydrogen-bond donors (Lipinski definition) is 1. The quantitative estimate of drug-likeness (QED) is 0.847. The molecule has 100 valence electrons. The third-order valence-corrected chi connectivity index (χ3v) is 3.59. The van der Waals surface area contributed by atoms with Gasteiger partial charge in [-0.15, -0.1) is 0 Å². The maximum Gasteiger partial charge on any atom is 0.228 e. The molecular formula is C13H17N5S. The Balaban J connectivity index is 1.96. The van der Waals surface area contributed by atoms with Gasteiger partial charge >= 0.3 is 0 Å². The molecule has 6 heteroatoms. The standard InChI is InChI=1S/C13H17N5S/c1-16-7-9-17(10-8-16)13-14-12(19)15-18(13)11-5-3-2-4-6-11/h2-6H,7-10H2,1H3,(H,15,19). The van der Waals surface area contributed by atoms with E-state index in [0.717, 1.165) is 37.8 Å². The number of aromatic amines is 1. The van der Waals surface area contributed by atoms with Crippen LogP contribution in [0.3, 0.4) is 0 Å². The van der Waals surface area contributed by atoms with Crippen LogP contribution in [-0.2, 0) is 0 Å². The second kappa shape index (κ2) is 5.14. The van der Waals surface area contributed by atoms with Gasteiger partial charge in [-0.2, -0.15) is 4.98 Å². The summed E-state index contributed by atoms with van der Waals surface area (Å²) in [7, 11) is 2.14. The lowest BCUT2D eigenvalue weighted by atomic mass is 10.3. The topological polar surface area (TPSA) is 40.1 Å². The third kappa shape index (κ3) is 2.54. The molecule has 0 atom stereocenters. The number of H-pyrrole nitrogens is 1. The molecule has 0 amide bonds. The van der Waals surface area contributed by atoms with Crippen LogP contribution in [0.25, 0.3) is 5.69 Å². The molecule has 5 nitrogen and oxygen atoms in total. The summed E-state index contributed by atoms with van der Waals surface area (Å²) in [4.78, 5) is 9.07. The second-order valence-electron chi connectivity index (χ2n) is 4.79. The van der Waals surface area contributed by atoms with Gasteiger partial charge in [-0.3, -0.25) is 5.10 Å². The van der Waals surface area contributed by atoms with Crippen molar-refractivity contribution < 1.29 is 0 Å². The van der Waals surface area contributed by atoms with E-state index in [0.29, 0.717) is 4.77 Å². The van der Waals surface area contributed by atoms with Gasteiger partial charge < -0.3 is 9.80 Å². The van der Waals surface area contributed by atoms with Gasteiger partial charge in [-0.25, -0.2) is 4.68 Å². The van der Waals surface area contributed by atoms with Crippen LogP contribution in [0.1, 0.15) is 0 Å². The van der Waals surface area contributed by atoms with Crippen molar-refractivity contribution in [3.05, 3.63) is 35.1 Å². The highest BCUT2D eigenvalue weighted by molar-refractivity contribution is 7.71. The fourth-order valence-electron chi connectivity index (χ4n) is 2.29. The number of para-hydroxylation sites is 1. The SMILES string of the molecule is CN1CCN(c2nc(=S)[nH]n2-c2ccccc2)CC1. The molecule has 0 bridgehead atoms. The summed E-state index contributed by atoms with van der Waals surface area (Å²) in [6.07, 6.45) is 0. The Morgan fingerprint density at radius 1 is 1.11 bits per heavy atom. The van der Waals surface area contributed by atoms with Gasteiger partial charge in [-0.05, 0) is 31.4 Å². The Morgan fingerprint density at radius 2 is 1.79 bits per heavy atom. The number of rotatable bonds is 2. The number of aromatic nitrogens is 3. The van der Waals surface area contributed by atoms with Crippen molar-refractivity contribution in [3.8, 4) is 5.69 Å². The Labute approximate surface area is 117 Å². The Kier molecular flexibility index (Phi) is 3.35. The molecule has 0 saturated carbocycles. The molecule has 1 fully saturated rings. The average Bonchev–Trinajstić information content (AvgIpc) is 2.83. The summed E-state index contributed by atoms with van der Waals surface area (Å²) >= 11 is 5.19. The normalized spacial score (nSPS) is 16.8. The molecular weight excluding hydrogens is 258 g/mol. The maximum atomic E-state index is 5.19. The number of hydrogen-bond acceptors (Lipinski definition) is 4. The van der Waals surface area contributed by atoms with Crippen molar-refractivity contribution in [1.29, 1.82) is 0 Å². The van der Waals surface area contributed by atoms with Crippen molar-refractivity contribution in [2.24, 2.45) is 0 Å². The first-order chi connectivity index (χ1) is 9.24. The molecule has 3 rings (SSSR count). The van der Waals surface area contributed by atoms with E-state index in [1.54, 1.807) is 0 Å². The van der Waals surface area contributed by atoms with Gasteiger partial charge in [0.15, 0.2) is 0 Å². The van der Waals surface area contributed by atoms with Crippen LogP contribution in [0.4, 0.5) is 5.95 Å². The van der Waals surface area contributed by atoms with Gasteiger partial charge in [0.2, 0.25) is 10.7 Å². The second-order valence-corrected chi connectivity index (χ2v) is 5.18. The Bertz CT molecular complexity index is 595. The van der Waals surface area contributed by atoms with Gasteiger partial charge in [0, 0.05) is 26.2 Å². The van der Waals surface area contributed by atoms with Crippen LogP contribution >= 0.6 is 12.2 Å².